The highest BCUT2D eigenvalue weighted by molar-refractivity contribution is 5.97. The molecule has 1 aliphatic heterocycles. The average molecular weight is 408 g/mol. The fourth-order valence-electron chi connectivity index (χ4n) is 3.92. The standard InChI is InChI=1S/C23H29N5O2/c1-30-20-9-6-18(7-10-20)17-28-22-11-8-19(16-21(22)25-26-28)23(29)24-12-5-15-27-13-3-2-4-14-27/h6-11,16H,2-5,12-15,17H2,1H3,(H,24,29). The van der Waals surface area contributed by atoms with Crippen molar-refractivity contribution in [1.82, 2.24) is 25.2 Å². The van der Waals surface area contributed by atoms with Crippen molar-refractivity contribution < 1.29 is 9.53 Å². The van der Waals surface area contributed by atoms with Gasteiger partial charge in [0.05, 0.1) is 19.2 Å². The van der Waals surface area contributed by atoms with E-state index in [-0.39, 0.29) is 5.91 Å². The van der Waals surface area contributed by atoms with Gasteiger partial charge in [0.15, 0.2) is 0 Å². The number of rotatable bonds is 8. The molecule has 0 atom stereocenters. The van der Waals surface area contributed by atoms with Crippen LogP contribution in [0.3, 0.4) is 0 Å². The van der Waals surface area contributed by atoms with Crippen LogP contribution in [0.15, 0.2) is 42.5 Å². The number of nitrogens with one attached hydrogen (secondary N) is 1. The molecular formula is C23H29N5O2. The lowest BCUT2D eigenvalue weighted by molar-refractivity contribution is 0.0951. The van der Waals surface area contributed by atoms with Gasteiger partial charge in [-0.2, -0.15) is 0 Å². The number of nitrogens with zero attached hydrogens (tertiary/aromatic N) is 4. The van der Waals surface area contributed by atoms with Gasteiger partial charge in [0.25, 0.3) is 5.91 Å². The molecule has 0 unspecified atom stereocenters. The molecular weight excluding hydrogens is 378 g/mol. The minimum absolute atomic E-state index is 0.0553. The molecule has 7 heteroatoms. The molecule has 0 aliphatic carbocycles. The molecule has 1 aromatic heterocycles. The van der Waals surface area contributed by atoms with Crippen molar-refractivity contribution in [2.45, 2.75) is 32.2 Å². The fraction of sp³-hybridized carbons (Fsp3) is 0.435. The lowest BCUT2D eigenvalue weighted by Gasteiger charge is -2.26. The fourth-order valence-corrected chi connectivity index (χ4v) is 3.92. The van der Waals surface area contributed by atoms with Crippen LogP contribution in [0.1, 0.15) is 41.6 Å². The lowest BCUT2D eigenvalue weighted by atomic mass is 10.1. The number of methoxy groups -OCH3 is 1. The first-order valence-corrected chi connectivity index (χ1v) is 10.7. The number of carbonyl (C=O) groups is 1. The maximum absolute atomic E-state index is 12.5. The van der Waals surface area contributed by atoms with Gasteiger partial charge in [-0.3, -0.25) is 4.79 Å². The van der Waals surface area contributed by atoms with Crippen LogP contribution in [0, 0.1) is 0 Å². The largest absolute Gasteiger partial charge is 0.497 e. The Morgan fingerprint density at radius 3 is 2.67 bits per heavy atom. The molecule has 30 heavy (non-hydrogen) atoms. The van der Waals surface area contributed by atoms with Crippen molar-refractivity contribution in [3.63, 3.8) is 0 Å². The first-order chi connectivity index (χ1) is 14.7. The van der Waals surface area contributed by atoms with Gasteiger partial charge in [-0.05, 0) is 74.8 Å². The summed E-state index contributed by atoms with van der Waals surface area (Å²) in [6, 6.07) is 13.5. The third-order valence-electron chi connectivity index (χ3n) is 5.65. The first kappa shape index (κ1) is 20.3. The molecule has 7 nitrogen and oxygen atoms in total. The molecule has 2 heterocycles. The predicted molar refractivity (Wildman–Crippen MR) is 117 cm³/mol. The number of benzene rings is 2. The zero-order chi connectivity index (χ0) is 20.8. The number of likely N-dealkylation sites (tertiary alicyclic amines) is 1. The van der Waals surface area contributed by atoms with Crippen LogP contribution >= 0.6 is 0 Å². The molecule has 0 radical (unpaired) electrons. The Bertz CT molecular complexity index is 977. The van der Waals surface area contributed by atoms with Gasteiger partial charge in [-0.25, -0.2) is 4.68 Å². The number of piperidine rings is 1. The summed E-state index contributed by atoms with van der Waals surface area (Å²) in [7, 11) is 1.66. The molecule has 1 saturated heterocycles. The third-order valence-corrected chi connectivity index (χ3v) is 5.65. The van der Waals surface area contributed by atoms with Crippen LogP contribution in [0.4, 0.5) is 0 Å². The summed E-state index contributed by atoms with van der Waals surface area (Å²) in [6.45, 7) is 4.74. The molecule has 1 amide bonds. The van der Waals surface area contributed by atoms with Crippen LogP contribution in [-0.2, 0) is 6.54 Å². The van der Waals surface area contributed by atoms with Crippen LogP contribution < -0.4 is 10.1 Å². The van der Waals surface area contributed by atoms with Crippen molar-refractivity contribution in [3.05, 3.63) is 53.6 Å². The zero-order valence-corrected chi connectivity index (χ0v) is 17.5. The second kappa shape index (κ2) is 9.71. The second-order valence-electron chi connectivity index (χ2n) is 7.81. The average Bonchev–Trinajstić information content (AvgIpc) is 3.19. The van der Waals surface area contributed by atoms with E-state index in [1.807, 2.05) is 47.1 Å². The molecule has 3 aromatic rings. The van der Waals surface area contributed by atoms with E-state index in [4.69, 9.17) is 4.74 Å². The molecule has 158 valence electrons. The van der Waals surface area contributed by atoms with Gasteiger partial charge >= 0.3 is 0 Å². The Kier molecular flexibility index (Phi) is 6.59. The van der Waals surface area contributed by atoms with Gasteiger partial charge in [0, 0.05) is 12.1 Å². The summed E-state index contributed by atoms with van der Waals surface area (Å²) in [6.07, 6.45) is 4.92. The smallest absolute Gasteiger partial charge is 0.251 e. The van der Waals surface area contributed by atoms with Crippen molar-refractivity contribution in [3.8, 4) is 5.75 Å². The minimum atomic E-state index is -0.0553. The highest BCUT2D eigenvalue weighted by Gasteiger charge is 2.12. The van der Waals surface area contributed by atoms with Gasteiger partial charge in [0.2, 0.25) is 0 Å². The van der Waals surface area contributed by atoms with Crippen molar-refractivity contribution in [1.29, 1.82) is 0 Å². The summed E-state index contributed by atoms with van der Waals surface area (Å²) < 4.78 is 7.05. The van der Waals surface area contributed by atoms with Gasteiger partial charge in [-0.15, -0.1) is 5.10 Å². The van der Waals surface area contributed by atoms with E-state index in [9.17, 15) is 4.79 Å². The molecule has 4 rings (SSSR count). The van der Waals surface area contributed by atoms with E-state index >= 15 is 0 Å². The molecule has 1 aliphatic rings. The van der Waals surface area contributed by atoms with E-state index in [1.165, 1.54) is 32.4 Å². The first-order valence-electron chi connectivity index (χ1n) is 10.7. The van der Waals surface area contributed by atoms with E-state index in [0.717, 1.165) is 35.3 Å². The number of amides is 1. The predicted octanol–water partition coefficient (Wildman–Crippen LogP) is 3.09. The topological polar surface area (TPSA) is 72.3 Å². The summed E-state index contributed by atoms with van der Waals surface area (Å²) in [5.74, 6) is 0.772. The Labute approximate surface area is 177 Å². The number of fused-ring (bicyclic) bond motifs is 1. The van der Waals surface area contributed by atoms with E-state index in [2.05, 4.69) is 20.5 Å². The Morgan fingerprint density at radius 2 is 1.90 bits per heavy atom. The maximum atomic E-state index is 12.5. The number of ether oxygens (including phenoxy) is 1. The van der Waals surface area contributed by atoms with E-state index in [1.54, 1.807) is 7.11 Å². The molecule has 1 fully saturated rings. The summed E-state index contributed by atoms with van der Waals surface area (Å²) in [5.41, 5.74) is 3.37. The maximum Gasteiger partial charge on any atom is 0.251 e. The second-order valence-corrected chi connectivity index (χ2v) is 7.81. The SMILES string of the molecule is COc1ccc(Cn2nnc3cc(C(=O)NCCCN4CCCCC4)ccc32)cc1. The highest BCUT2D eigenvalue weighted by Crippen LogP contribution is 2.17. The van der Waals surface area contributed by atoms with E-state index < -0.39 is 0 Å². The van der Waals surface area contributed by atoms with Crippen molar-refractivity contribution >= 4 is 16.9 Å². The molecule has 0 bridgehead atoms. The number of hydrogen-bond acceptors (Lipinski definition) is 5. The molecule has 0 saturated carbocycles. The number of aromatic nitrogens is 3. The normalized spacial score (nSPS) is 14.7. The van der Waals surface area contributed by atoms with Gasteiger partial charge in [-0.1, -0.05) is 23.8 Å². The van der Waals surface area contributed by atoms with Crippen LogP contribution in [0.2, 0.25) is 0 Å². The van der Waals surface area contributed by atoms with E-state index in [0.29, 0.717) is 18.7 Å². The van der Waals surface area contributed by atoms with Crippen molar-refractivity contribution in [2.75, 3.05) is 33.3 Å². The lowest BCUT2D eigenvalue weighted by Crippen LogP contribution is -2.33. The third kappa shape index (κ3) is 4.97. The van der Waals surface area contributed by atoms with Crippen molar-refractivity contribution in [2.24, 2.45) is 0 Å². The van der Waals surface area contributed by atoms with Gasteiger partial charge in [0.1, 0.15) is 11.3 Å². The summed E-state index contributed by atoms with van der Waals surface area (Å²) in [5, 5.41) is 11.5. The van der Waals surface area contributed by atoms with Crippen LogP contribution in [0.25, 0.3) is 11.0 Å². The Hall–Kier alpha value is -2.93. The Morgan fingerprint density at radius 1 is 1.10 bits per heavy atom. The van der Waals surface area contributed by atoms with Crippen LogP contribution in [-0.4, -0.2) is 59.1 Å². The quantitative estimate of drug-likeness (QED) is 0.581. The number of carbonyl (C=O) groups excluding carboxylic acids is 1. The molecule has 2 aromatic carbocycles. The molecule has 0 spiro atoms. The summed E-state index contributed by atoms with van der Waals surface area (Å²) in [4.78, 5) is 15.0. The highest BCUT2D eigenvalue weighted by atomic mass is 16.5. The Balaban J connectivity index is 1.33. The zero-order valence-electron chi connectivity index (χ0n) is 17.5. The monoisotopic (exact) mass is 407 g/mol. The van der Waals surface area contributed by atoms with Crippen LogP contribution in [0.5, 0.6) is 5.75 Å². The minimum Gasteiger partial charge on any atom is -0.497 e. The summed E-state index contributed by atoms with van der Waals surface area (Å²) >= 11 is 0. The van der Waals surface area contributed by atoms with Gasteiger partial charge < -0.3 is 15.0 Å². The number of hydrogen-bond donors (Lipinski definition) is 1. The molecule has 1 N–H and O–H groups in total.